The summed E-state index contributed by atoms with van der Waals surface area (Å²) in [6.45, 7) is 1.05. The first-order valence-electron chi connectivity index (χ1n) is 26.6. The number of carbonyl (C=O) groups is 7. The van der Waals surface area contributed by atoms with Gasteiger partial charge in [-0.05, 0) is 107 Å². The third-order valence-electron chi connectivity index (χ3n) is 14.4. The molecule has 72 heavy (non-hydrogen) atoms. The summed E-state index contributed by atoms with van der Waals surface area (Å²) in [6, 6.07) is 1.57. The maximum Gasteiger partial charge on any atom is 0.326 e. The molecule has 404 valence electrons. The standard InChI is InChI=1S/C51H86N12O9/c52-26-14-12-21-37(54)45(66)60-39(22-13-15-27-53)47(68)61-38(23-17-29-58-51(55)56)46(67)57-28-16-6-4-2-1-3-5-7-25-44(65)59-40(33-64)48(69)62-32-36-20-9-8-18-34(36)30-42(62)49(70)63-41-24-11-10-19-35(41)31-43(63)50(71)72/h8-9,18,20,35,37-43,64H,1-7,10-17,19,21-33,52-54H2,(H,57,67)(H,59,65)(H,60,66)(H,61,68)(H,71,72)(H4,55,56,58)/t35-,37-,38-,39-,40-,41-,42+,43-/m0/s1. The molecule has 1 saturated heterocycles. The van der Waals surface area contributed by atoms with E-state index in [0.29, 0.717) is 71.0 Å². The topological polar surface area (TPSA) is 357 Å². The van der Waals surface area contributed by atoms with Crippen LogP contribution in [0.1, 0.15) is 152 Å². The van der Waals surface area contributed by atoms with Gasteiger partial charge in [-0.15, -0.1) is 0 Å². The highest BCUT2D eigenvalue weighted by molar-refractivity contribution is 5.95. The monoisotopic (exact) mass is 1010 g/mol. The van der Waals surface area contributed by atoms with E-state index in [2.05, 4.69) is 26.3 Å². The summed E-state index contributed by atoms with van der Waals surface area (Å²) in [5, 5.41) is 31.8. The Morgan fingerprint density at radius 3 is 1.97 bits per heavy atom. The van der Waals surface area contributed by atoms with Crippen LogP contribution in [0.15, 0.2) is 29.3 Å². The number of carboxylic acid groups (broad SMARTS) is 1. The van der Waals surface area contributed by atoms with E-state index in [9.17, 15) is 43.8 Å². The van der Waals surface area contributed by atoms with E-state index >= 15 is 0 Å². The van der Waals surface area contributed by atoms with Crippen molar-refractivity contribution in [2.24, 2.45) is 39.6 Å². The molecule has 0 aromatic heterocycles. The van der Waals surface area contributed by atoms with Crippen LogP contribution in [0.3, 0.4) is 0 Å². The van der Waals surface area contributed by atoms with Gasteiger partial charge in [-0.3, -0.25) is 33.8 Å². The number of rotatable bonds is 33. The molecule has 8 atom stereocenters. The number of aliphatic hydroxyl groups is 1. The number of fused-ring (bicyclic) bond motifs is 2. The number of benzene rings is 1. The Labute approximate surface area is 425 Å². The predicted octanol–water partition coefficient (Wildman–Crippen LogP) is 0.897. The fourth-order valence-corrected chi connectivity index (χ4v) is 10.3. The van der Waals surface area contributed by atoms with Crippen LogP contribution in [0.25, 0.3) is 0 Å². The van der Waals surface area contributed by atoms with Gasteiger partial charge in [0.2, 0.25) is 35.4 Å². The molecule has 0 radical (unpaired) electrons. The normalized spacial score (nSPS) is 19.9. The highest BCUT2D eigenvalue weighted by Gasteiger charge is 2.51. The van der Waals surface area contributed by atoms with E-state index in [1.807, 2.05) is 24.3 Å². The second-order valence-corrected chi connectivity index (χ2v) is 19.8. The Bertz CT molecular complexity index is 1940. The SMILES string of the molecule is NCCCC[C@H](NC(=O)[C@@H](N)CCCCN)C(=O)N[C@@H](CCCN=C(N)N)C(=O)NCCCCCCCCCCC(=O)N[C@@H](CO)C(=O)N1Cc2ccccc2C[C@@H]1C(=O)N1[C@H](C(=O)O)C[C@@H]2CCCC[C@@H]21. The zero-order valence-corrected chi connectivity index (χ0v) is 42.4. The van der Waals surface area contributed by atoms with Gasteiger partial charge in [0.15, 0.2) is 5.96 Å². The van der Waals surface area contributed by atoms with Crippen LogP contribution >= 0.6 is 0 Å². The van der Waals surface area contributed by atoms with E-state index in [1.165, 1.54) is 9.80 Å². The molecule has 21 nitrogen and oxygen atoms in total. The number of carbonyl (C=O) groups excluding carboxylic acids is 6. The lowest BCUT2D eigenvalue weighted by atomic mass is 9.84. The van der Waals surface area contributed by atoms with Crippen molar-refractivity contribution in [1.29, 1.82) is 0 Å². The number of hydrogen-bond donors (Lipinski definition) is 11. The van der Waals surface area contributed by atoms with Gasteiger partial charge in [0, 0.05) is 38.5 Å². The quantitative estimate of drug-likeness (QED) is 0.0265. The maximum atomic E-state index is 14.4. The first-order chi connectivity index (χ1) is 34.7. The minimum Gasteiger partial charge on any atom is -0.480 e. The molecule has 21 heteroatoms. The molecule has 0 bridgehead atoms. The number of unbranched alkanes of at least 4 members (excludes halogenated alkanes) is 9. The van der Waals surface area contributed by atoms with Gasteiger partial charge in [-0.2, -0.15) is 0 Å². The number of amides is 6. The predicted molar refractivity (Wildman–Crippen MR) is 274 cm³/mol. The lowest BCUT2D eigenvalue weighted by Gasteiger charge is -2.42. The Morgan fingerprint density at radius 2 is 1.31 bits per heavy atom. The molecule has 1 aromatic carbocycles. The summed E-state index contributed by atoms with van der Waals surface area (Å²) < 4.78 is 0. The molecule has 1 aliphatic carbocycles. The maximum absolute atomic E-state index is 14.4. The lowest BCUT2D eigenvalue weighted by Crippen LogP contribution is -2.61. The number of likely N-dealkylation sites (tertiary alicyclic amines) is 1. The van der Waals surface area contributed by atoms with Gasteiger partial charge in [0.1, 0.15) is 30.2 Å². The molecule has 3 aliphatic rings. The number of aliphatic carboxylic acids is 1. The zero-order chi connectivity index (χ0) is 52.4. The Morgan fingerprint density at radius 1 is 0.694 bits per heavy atom. The van der Waals surface area contributed by atoms with E-state index in [1.54, 1.807) is 0 Å². The number of aliphatic imine (C=N–C) groups is 1. The van der Waals surface area contributed by atoms with Crippen LogP contribution in [0.4, 0.5) is 0 Å². The van der Waals surface area contributed by atoms with Crippen molar-refractivity contribution >= 4 is 47.4 Å². The van der Waals surface area contributed by atoms with Gasteiger partial charge < -0.3 is 69.9 Å². The first-order valence-corrected chi connectivity index (χ1v) is 26.6. The van der Waals surface area contributed by atoms with Crippen molar-refractivity contribution in [2.75, 3.05) is 32.8 Å². The smallest absolute Gasteiger partial charge is 0.326 e. The third kappa shape index (κ3) is 18.9. The van der Waals surface area contributed by atoms with Gasteiger partial charge in [-0.1, -0.05) is 82.1 Å². The molecule has 2 aliphatic heterocycles. The number of nitrogens with one attached hydrogen (secondary N) is 4. The molecular formula is C51H86N12O9. The van der Waals surface area contributed by atoms with Crippen molar-refractivity contribution in [3.63, 3.8) is 0 Å². The van der Waals surface area contributed by atoms with Crippen molar-refractivity contribution < 1.29 is 43.8 Å². The number of nitrogens with zero attached hydrogens (tertiary/aromatic N) is 3. The first kappa shape index (κ1) is 59.2. The Kier molecular flexibility index (Phi) is 26.3. The molecule has 1 saturated carbocycles. The molecular weight excluding hydrogens is 925 g/mol. The summed E-state index contributed by atoms with van der Waals surface area (Å²) in [5.41, 5.74) is 30.1. The minimum absolute atomic E-state index is 0.0729. The zero-order valence-electron chi connectivity index (χ0n) is 42.4. The van der Waals surface area contributed by atoms with Crippen LogP contribution in [0.2, 0.25) is 0 Å². The van der Waals surface area contributed by atoms with Gasteiger partial charge in [-0.25, -0.2) is 4.79 Å². The minimum atomic E-state index is -1.26. The largest absolute Gasteiger partial charge is 0.480 e. The summed E-state index contributed by atoms with van der Waals surface area (Å²) in [5.74, 6) is -3.64. The number of hydrogen-bond acceptors (Lipinski definition) is 12. The molecule has 0 unspecified atom stereocenters. The molecule has 16 N–H and O–H groups in total. The Hall–Kier alpha value is -5.38. The molecule has 2 heterocycles. The molecule has 2 fully saturated rings. The number of guanidine groups is 1. The number of aliphatic hydroxyl groups excluding tert-OH is 1. The van der Waals surface area contributed by atoms with Crippen LogP contribution < -0.4 is 49.9 Å². The van der Waals surface area contributed by atoms with Crippen molar-refractivity contribution in [3.05, 3.63) is 35.4 Å². The summed E-state index contributed by atoms with van der Waals surface area (Å²) >= 11 is 0. The second-order valence-electron chi connectivity index (χ2n) is 19.8. The van der Waals surface area contributed by atoms with E-state index in [0.717, 1.165) is 88.2 Å². The molecule has 6 amide bonds. The third-order valence-corrected chi connectivity index (χ3v) is 14.4. The fraction of sp³-hybridized carbons (Fsp3) is 0.725. The summed E-state index contributed by atoms with van der Waals surface area (Å²) in [4.78, 5) is 101. The van der Waals surface area contributed by atoms with Crippen LogP contribution in [0.5, 0.6) is 0 Å². The average molecular weight is 1010 g/mol. The van der Waals surface area contributed by atoms with Crippen molar-refractivity contribution in [3.8, 4) is 0 Å². The highest BCUT2D eigenvalue weighted by atomic mass is 16.4. The van der Waals surface area contributed by atoms with E-state index in [4.69, 9.17) is 28.7 Å². The van der Waals surface area contributed by atoms with Gasteiger partial charge in [0.05, 0.1) is 12.6 Å². The Balaban J connectivity index is 1.18. The molecule has 1 aromatic rings. The van der Waals surface area contributed by atoms with Crippen LogP contribution in [0, 0.1) is 5.92 Å². The molecule has 4 rings (SSSR count). The van der Waals surface area contributed by atoms with Crippen LogP contribution in [-0.2, 0) is 46.5 Å². The number of nitrogens with two attached hydrogens (primary N) is 5. The van der Waals surface area contributed by atoms with Crippen molar-refractivity contribution in [1.82, 2.24) is 31.1 Å². The number of carboxylic acids is 1. The molecule has 0 spiro atoms. The summed E-state index contributed by atoms with van der Waals surface area (Å²) in [6.07, 6.45) is 15.1. The van der Waals surface area contributed by atoms with E-state index in [-0.39, 0.29) is 62.1 Å². The summed E-state index contributed by atoms with van der Waals surface area (Å²) in [7, 11) is 0. The second kappa shape index (κ2) is 31.9. The lowest BCUT2D eigenvalue weighted by molar-refractivity contribution is -0.156. The van der Waals surface area contributed by atoms with E-state index < -0.39 is 72.5 Å². The average Bonchev–Trinajstić information content (AvgIpc) is 3.77. The van der Waals surface area contributed by atoms with Crippen LogP contribution in [-0.4, -0.2) is 142 Å². The highest BCUT2D eigenvalue weighted by Crippen LogP contribution is 2.41. The van der Waals surface area contributed by atoms with Gasteiger partial charge in [0.25, 0.3) is 0 Å². The fourth-order valence-electron chi connectivity index (χ4n) is 10.3. The van der Waals surface area contributed by atoms with Crippen molar-refractivity contribution in [2.45, 2.75) is 197 Å². The van der Waals surface area contributed by atoms with Gasteiger partial charge >= 0.3 is 5.97 Å².